The summed E-state index contributed by atoms with van der Waals surface area (Å²) in [7, 11) is 0. The van der Waals surface area contributed by atoms with E-state index in [1.807, 2.05) is 36.9 Å². The van der Waals surface area contributed by atoms with Crippen LogP contribution < -0.4 is 0 Å². The van der Waals surface area contributed by atoms with Gasteiger partial charge in [-0.15, -0.1) is 0 Å². The van der Waals surface area contributed by atoms with Crippen LogP contribution in [0.1, 0.15) is 18.4 Å². The van der Waals surface area contributed by atoms with Crippen molar-refractivity contribution in [1.29, 1.82) is 0 Å². The van der Waals surface area contributed by atoms with Gasteiger partial charge < -0.3 is 4.98 Å². The molecule has 5 aromatic rings. The third-order valence-corrected chi connectivity index (χ3v) is 6.22. The first kappa shape index (κ1) is 19.0. The fourth-order valence-electron chi connectivity index (χ4n) is 4.60. The Morgan fingerprint density at radius 3 is 2.59 bits per heavy atom. The van der Waals surface area contributed by atoms with Crippen molar-refractivity contribution in [2.24, 2.45) is 0 Å². The van der Waals surface area contributed by atoms with Crippen molar-refractivity contribution in [3.63, 3.8) is 0 Å². The summed E-state index contributed by atoms with van der Waals surface area (Å²) in [6.45, 7) is 3.31. The van der Waals surface area contributed by atoms with Gasteiger partial charge in [0.25, 0.3) is 0 Å². The molecule has 4 aromatic heterocycles. The van der Waals surface area contributed by atoms with Gasteiger partial charge in [-0.1, -0.05) is 12.1 Å². The highest BCUT2D eigenvalue weighted by Crippen LogP contribution is 2.32. The molecule has 0 aliphatic carbocycles. The van der Waals surface area contributed by atoms with Gasteiger partial charge in [-0.05, 0) is 79.0 Å². The summed E-state index contributed by atoms with van der Waals surface area (Å²) in [4.78, 5) is 14.6. The highest BCUT2D eigenvalue weighted by molar-refractivity contribution is 5.98. The number of hydrogen-bond donors (Lipinski definition) is 2. The molecule has 1 fully saturated rings. The average Bonchev–Trinajstić information content (AvgIpc) is 3.60. The second-order valence-corrected chi connectivity index (χ2v) is 8.42. The normalized spacial score (nSPS) is 14.4. The fourth-order valence-corrected chi connectivity index (χ4v) is 4.60. The monoisotopic (exact) mass is 420 g/mol. The van der Waals surface area contributed by atoms with Crippen molar-refractivity contribution in [3.05, 3.63) is 78.9 Å². The Hall–Kier alpha value is -3.77. The summed E-state index contributed by atoms with van der Waals surface area (Å²) in [5.74, 6) is 0. The molecule has 158 valence electrons. The van der Waals surface area contributed by atoms with E-state index in [4.69, 9.17) is 0 Å². The van der Waals surface area contributed by atoms with E-state index in [0.29, 0.717) is 0 Å². The van der Waals surface area contributed by atoms with Crippen molar-refractivity contribution in [3.8, 4) is 33.8 Å². The molecule has 1 saturated heterocycles. The van der Waals surface area contributed by atoms with E-state index in [1.54, 1.807) is 0 Å². The minimum atomic E-state index is 0.906. The van der Waals surface area contributed by atoms with Crippen LogP contribution in [0.3, 0.4) is 0 Å². The van der Waals surface area contributed by atoms with E-state index < -0.39 is 0 Å². The maximum atomic E-state index is 4.58. The first-order valence-electron chi connectivity index (χ1n) is 11.1. The van der Waals surface area contributed by atoms with Crippen LogP contribution in [0, 0.1) is 0 Å². The summed E-state index contributed by atoms with van der Waals surface area (Å²) in [6, 6.07) is 16.9. The molecule has 0 bridgehead atoms. The summed E-state index contributed by atoms with van der Waals surface area (Å²) in [5.41, 5.74) is 8.60. The van der Waals surface area contributed by atoms with Crippen LogP contribution in [-0.2, 0) is 6.54 Å². The molecule has 6 rings (SSSR count). The van der Waals surface area contributed by atoms with Crippen LogP contribution in [0.2, 0.25) is 0 Å². The number of H-pyrrole nitrogens is 2. The van der Waals surface area contributed by atoms with Crippen molar-refractivity contribution < 1.29 is 0 Å². The Kier molecular flexibility index (Phi) is 4.77. The number of fused-ring (bicyclic) bond motifs is 1. The largest absolute Gasteiger partial charge is 0.353 e. The molecule has 6 heteroatoms. The predicted molar refractivity (Wildman–Crippen MR) is 127 cm³/mol. The van der Waals surface area contributed by atoms with E-state index in [0.717, 1.165) is 40.3 Å². The Morgan fingerprint density at radius 2 is 1.72 bits per heavy atom. The lowest BCUT2D eigenvalue weighted by molar-refractivity contribution is 0.331. The first-order valence-corrected chi connectivity index (χ1v) is 11.1. The third kappa shape index (κ3) is 3.59. The molecule has 0 atom stereocenters. The van der Waals surface area contributed by atoms with Gasteiger partial charge in [0, 0.05) is 47.8 Å². The number of nitrogens with one attached hydrogen (secondary N) is 2. The Bertz CT molecular complexity index is 1360. The van der Waals surface area contributed by atoms with Crippen molar-refractivity contribution in [2.45, 2.75) is 19.4 Å². The maximum Gasteiger partial charge on any atom is 0.0943 e. The Labute approximate surface area is 186 Å². The standard InChI is InChI=1S/C26H24N6/c1-2-11-32(10-1)17-18-12-20(16-28-15-18)24-14-26(31-30-24)25-13-22-21(4-3-5-23(22)29-25)19-6-8-27-9-7-19/h3-9,12-16,29H,1-2,10-11,17H2,(H,30,31). The van der Waals surface area contributed by atoms with Gasteiger partial charge in [-0.3, -0.25) is 20.0 Å². The van der Waals surface area contributed by atoms with Crippen LogP contribution in [0.15, 0.2) is 73.3 Å². The molecule has 5 heterocycles. The molecule has 32 heavy (non-hydrogen) atoms. The summed E-state index contributed by atoms with van der Waals surface area (Å²) in [5, 5.41) is 8.96. The van der Waals surface area contributed by atoms with Crippen molar-refractivity contribution in [1.82, 2.24) is 30.0 Å². The van der Waals surface area contributed by atoms with Gasteiger partial charge in [-0.25, -0.2) is 0 Å². The Balaban J connectivity index is 1.31. The molecular formula is C26H24N6. The zero-order valence-electron chi connectivity index (χ0n) is 17.8. The van der Waals surface area contributed by atoms with Crippen molar-refractivity contribution >= 4 is 10.9 Å². The lowest BCUT2D eigenvalue weighted by atomic mass is 10.0. The van der Waals surface area contributed by atoms with Gasteiger partial charge in [-0.2, -0.15) is 5.10 Å². The lowest BCUT2D eigenvalue weighted by Gasteiger charge is -2.14. The molecule has 0 radical (unpaired) electrons. The Morgan fingerprint density at radius 1 is 0.844 bits per heavy atom. The number of benzene rings is 1. The first-order chi connectivity index (χ1) is 15.8. The minimum absolute atomic E-state index is 0.906. The number of likely N-dealkylation sites (tertiary alicyclic amines) is 1. The van der Waals surface area contributed by atoms with E-state index in [9.17, 15) is 0 Å². The number of rotatable bonds is 5. The van der Waals surface area contributed by atoms with Crippen LogP contribution >= 0.6 is 0 Å². The van der Waals surface area contributed by atoms with Gasteiger partial charge in [0.05, 0.1) is 17.1 Å². The zero-order valence-corrected chi connectivity index (χ0v) is 17.8. The molecule has 1 aliphatic heterocycles. The molecule has 0 amide bonds. The molecule has 0 spiro atoms. The summed E-state index contributed by atoms with van der Waals surface area (Å²) < 4.78 is 0. The number of aromatic amines is 2. The number of hydrogen-bond acceptors (Lipinski definition) is 4. The molecule has 6 nitrogen and oxygen atoms in total. The molecule has 1 aliphatic rings. The molecule has 0 saturated carbocycles. The number of aromatic nitrogens is 5. The average molecular weight is 421 g/mol. The van der Waals surface area contributed by atoms with E-state index in [2.05, 4.69) is 66.4 Å². The SMILES string of the molecule is c1cc(-c2ccncc2)c2cc(-c3cc(-c4cncc(CN5CCCC5)c4)n[nH]3)[nH]c2c1. The molecular weight excluding hydrogens is 396 g/mol. The topological polar surface area (TPSA) is 73.5 Å². The molecule has 0 unspecified atom stereocenters. The van der Waals surface area contributed by atoms with Crippen LogP contribution in [-0.4, -0.2) is 43.1 Å². The molecule has 2 N–H and O–H groups in total. The summed E-state index contributed by atoms with van der Waals surface area (Å²) in [6.07, 6.45) is 10.1. The van der Waals surface area contributed by atoms with Crippen LogP contribution in [0.25, 0.3) is 44.7 Å². The number of pyridine rings is 2. The van der Waals surface area contributed by atoms with Crippen LogP contribution in [0.5, 0.6) is 0 Å². The minimum Gasteiger partial charge on any atom is -0.353 e. The highest BCUT2D eigenvalue weighted by atomic mass is 15.1. The third-order valence-electron chi connectivity index (χ3n) is 6.22. The van der Waals surface area contributed by atoms with Gasteiger partial charge >= 0.3 is 0 Å². The van der Waals surface area contributed by atoms with Gasteiger partial charge in [0.1, 0.15) is 0 Å². The van der Waals surface area contributed by atoms with E-state index in [-0.39, 0.29) is 0 Å². The van der Waals surface area contributed by atoms with Crippen LogP contribution in [0.4, 0.5) is 0 Å². The fraction of sp³-hybridized carbons (Fsp3) is 0.192. The summed E-state index contributed by atoms with van der Waals surface area (Å²) >= 11 is 0. The van der Waals surface area contributed by atoms with Gasteiger partial charge in [0.15, 0.2) is 0 Å². The van der Waals surface area contributed by atoms with Crippen molar-refractivity contribution in [2.75, 3.05) is 13.1 Å². The highest BCUT2D eigenvalue weighted by Gasteiger charge is 2.14. The van der Waals surface area contributed by atoms with E-state index >= 15 is 0 Å². The zero-order chi connectivity index (χ0) is 21.3. The maximum absolute atomic E-state index is 4.58. The van der Waals surface area contributed by atoms with Gasteiger partial charge in [0.2, 0.25) is 0 Å². The number of nitrogens with zero attached hydrogens (tertiary/aromatic N) is 4. The quantitative estimate of drug-likeness (QED) is 0.406. The smallest absolute Gasteiger partial charge is 0.0943 e. The second kappa shape index (κ2) is 8.05. The lowest BCUT2D eigenvalue weighted by Crippen LogP contribution is -2.18. The molecule has 1 aromatic carbocycles. The second-order valence-electron chi connectivity index (χ2n) is 8.42. The van der Waals surface area contributed by atoms with E-state index in [1.165, 1.54) is 42.4 Å². The predicted octanol–water partition coefficient (Wildman–Crippen LogP) is 5.28.